The summed E-state index contributed by atoms with van der Waals surface area (Å²) in [5, 5.41) is 9.23. The van der Waals surface area contributed by atoms with E-state index in [1.54, 1.807) is 13.1 Å². The smallest absolute Gasteiger partial charge is 0.239 e. The molecule has 1 rings (SSSR count). The monoisotopic (exact) mass is 225 g/mol. The first-order valence-corrected chi connectivity index (χ1v) is 5.24. The van der Waals surface area contributed by atoms with Crippen molar-refractivity contribution in [2.45, 2.75) is 26.4 Å². The van der Waals surface area contributed by atoms with Crippen LogP contribution in [0.5, 0.6) is 0 Å². The molecule has 6 heteroatoms. The van der Waals surface area contributed by atoms with Crippen LogP contribution in [0.1, 0.15) is 18.9 Å². The number of nitrogens with zero attached hydrogens (tertiary/aromatic N) is 3. The number of hydrogen-bond donors (Lipinski definition) is 3. The Bertz CT molecular complexity index is 342. The molecule has 1 aromatic heterocycles. The van der Waals surface area contributed by atoms with Crippen LogP contribution in [0.4, 0.5) is 11.8 Å². The maximum atomic E-state index is 9.23. The molecular formula is C10H19N5O. The highest BCUT2D eigenvalue weighted by Crippen LogP contribution is 2.16. The fraction of sp³-hybridized carbons (Fsp3) is 0.600. The minimum absolute atomic E-state index is 0.309. The largest absolute Gasteiger partial charge is 0.393 e. The van der Waals surface area contributed by atoms with Crippen LogP contribution in [-0.2, 0) is 0 Å². The van der Waals surface area contributed by atoms with Crippen LogP contribution >= 0.6 is 0 Å². The van der Waals surface area contributed by atoms with E-state index >= 15 is 0 Å². The number of hydrogen-bond acceptors (Lipinski definition) is 6. The van der Waals surface area contributed by atoms with E-state index < -0.39 is 0 Å². The van der Waals surface area contributed by atoms with Gasteiger partial charge < -0.3 is 10.0 Å². The van der Waals surface area contributed by atoms with Crippen molar-refractivity contribution in [2.24, 2.45) is 5.84 Å². The lowest BCUT2D eigenvalue weighted by atomic mass is 10.2. The topological polar surface area (TPSA) is 87.3 Å². The number of nitrogens with one attached hydrogen (secondary N) is 1. The van der Waals surface area contributed by atoms with E-state index in [-0.39, 0.29) is 6.10 Å². The third kappa shape index (κ3) is 3.32. The molecule has 0 amide bonds. The molecule has 4 N–H and O–H groups in total. The minimum atomic E-state index is -0.309. The molecule has 1 atom stereocenters. The Hall–Kier alpha value is -1.40. The molecule has 0 bridgehead atoms. The zero-order valence-electron chi connectivity index (χ0n) is 9.94. The van der Waals surface area contributed by atoms with Crippen molar-refractivity contribution in [1.29, 1.82) is 0 Å². The van der Waals surface area contributed by atoms with E-state index in [1.165, 1.54) is 0 Å². The molecule has 16 heavy (non-hydrogen) atoms. The van der Waals surface area contributed by atoms with Crippen molar-refractivity contribution in [3.05, 3.63) is 11.8 Å². The van der Waals surface area contributed by atoms with Crippen molar-refractivity contribution in [2.75, 3.05) is 23.9 Å². The Morgan fingerprint density at radius 3 is 2.88 bits per heavy atom. The molecule has 0 aliphatic heterocycles. The minimum Gasteiger partial charge on any atom is -0.393 e. The summed E-state index contributed by atoms with van der Waals surface area (Å²) < 4.78 is 0. The van der Waals surface area contributed by atoms with Gasteiger partial charge in [0, 0.05) is 25.4 Å². The lowest BCUT2D eigenvalue weighted by Gasteiger charge is -2.21. The Morgan fingerprint density at radius 1 is 1.62 bits per heavy atom. The van der Waals surface area contributed by atoms with Gasteiger partial charge >= 0.3 is 0 Å². The molecule has 0 aromatic carbocycles. The predicted molar refractivity (Wildman–Crippen MR) is 64.1 cm³/mol. The Labute approximate surface area is 95.5 Å². The zero-order chi connectivity index (χ0) is 12.1. The fourth-order valence-corrected chi connectivity index (χ4v) is 1.38. The molecule has 1 aromatic rings. The summed E-state index contributed by atoms with van der Waals surface area (Å²) in [4.78, 5) is 10.3. The number of anilines is 2. The Balaban J connectivity index is 2.76. The number of aliphatic hydroxyl groups is 1. The number of aryl methyl sites for hydroxylation is 1. The second-order valence-corrected chi connectivity index (χ2v) is 3.90. The van der Waals surface area contributed by atoms with Crippen LogP contribution in [0, 0.1) is 6.92 Å². The summed E-state index contributed by atoms with van der Waals surface area (Å²) in [6, 6.07) is 0. The van der Waals surface area contributed by atoms with Gasteiger partial charge in [0.1, 0.15) is 5.82 Å². The highest BCUT2D eigenvalue weighted by Gasteiger charge is 2.09. The van der Waals surface area contributed by atoms with E-state index in [2.05, 4.69) is 15.4 Å². The average molecular weight is 225 g/mol. The maximum Gasteiger partial charge on any atom is 0.239 e. The SMILES string of the molecule is Cc1cnc(NN)nc1N(C)CCC(C)O. The summed E-state index contributed by atoms with van der Waals surface area (Å²) >= 11 is 0. The Kier molecular flexibility index (Phi) is 4.45. The van der Waals surface area contributed by atoms with Crippen molar-refractivity contribution in [3.8, 4) is 0 Å². The second-order valence-electron chi connectivity index (χ2n) is 3.90. The van der Waals surface area contributed by atoms with Gasteiger partial charge in [0.05, 0.1) is 6.10 Å². The number of nitrogens with two attached hydrogens (primary N) is 1. The van der Waals surface area contributed by atoms with Crippen molar-refractivity contribution >= 4 is 11.8 Å². The van der Waals surface area contributed by atoms with Crippen LogP contribution in [0.2, 0.25) is 0 Å². The molecule has 6 nitrogen and oxygen atoms in total. The molecule has 0 saturated carbocycles. The normalized spacial score (nSPS) is 12.3. The maximum absolute atomic E-state index is 9.23. The van der Waals surface area contributed by atoms with Crippen molar-refractivity contribution in [1.82, 2.24) is 9.97 Å². The molecule has 90 valence electrons. The molecule has 0 saturated heterocycles. The number of rotatable bonds is 5. The summed E-state index contributed by atoms with van der Waals surface area (Å²) in [6.45, 7) is 4.45. The fourth-order valence-electron chi connectivity index (χ4n) is 1.38. The van der Waals surface area contributed by atoms with E-state index in [1.807, 2.05) is 18.9 Å². The number of nitrogen functional groups attached to an aromatic ring is 1. The molecule has 0 fully saturated rings. The van der Waals surface area contributed by atoms with Crippen LogP contribution in [0.3, 0.4) is 0 Å². The first-order chi connectivity index (χ1) is 7.54. The molecule has 0 aliphatic carbocycles. The molecular weight excluding hydrogens is 206 g/mol. The summed E-state index contributed by atoms with van der Waals surface area (Å²) in [5.74, 6) is 6.47. The van der Waals surface area contributed by atoms with E-state index in [4.69, 9.17) is 5.84 Å². The van der Waals surface area contributed by atoms with Crippen LogP contribution in [0.15, 0.2) is 6.20 Å². The predicted octanol–water partition coefficient (Wildman–Crippen LogP) is 0.278. The van der Waals surface area contributed by atoms with Gasteiger partial charge in [-0.05, 0) is 20.3 Å². The van der Waals surface area contributed by atoms with Gasteiger partial charge in [-0.2, -0.15) is 4.98 Å². The highest BCUT2D eigenvalue weighted by molar-refractivity contribution is 5.47. The molecule has 0 aliphatic rings. The van der Waals surface area contributed by atoms with E-state index in [0.717, 1.165) is 17.9 Å². The van der Waals surface area contributed by atoms with Gasteiger partial charge in [-0.3, -0.25) is 5.43 Å². The summed E-state index contributed by atoms with van der Waals surface area (Å²) in [6.07, 6.45) is 2.11. The van der Waals surface area contributed by atoms with E-state index in [0.29, 0.717) is 12.4 Å². The molecule has 1 heterocycles. The number of aromatic nitrogens is 2. The molecule has 0 spiro atoms. The zero-order valence-corrected chi connectivity index (χ0v) is 9.94. The lowest BCUT2D eigenvalue weighted by molar-refractivity contribution is 0.187. The van der Waals surface area contributed by atoms with Crippen LogP contribution < -0.4 is 16.2 Å². The van der Waals surface area contributed by atoms with Gasteiger partial charge in [-0.25, -0.2) is 10.8 Å². The lowest BCUT2D eigenvalue weighted by Crippen LogP contribution is -2.24. The highest BCUT2D eigenvalue weighted by atomic mass is 16.3. The van der Waals surface area contributed by atoms with Gasteiger partial charge in [-0.15, -0.1) is 0 Å². The van der Waals surface area contributed by atoms with Gasteiger partial charge in [0.25, 0.3) is 0 Å². The third-order valence-electron chi connectivity index (χ3n) is 2.32. The quantitative estimate of drug-likeness (QED) is 0.493. The number of hydrazine groups is 1. The standard InChI is InChI=1S/C10H19N5O/c1-7-6-12-10(14-11)13-9(7)15(3)5-4-8(2)16/h6,8,16H,4-5,11H2,1-3H3,(H,12,13,14). The first-order valence-electron chi connectivity index (χ1n) is 5.24. The van der Waals surface area contributed by atoms with Crippen molar-refractivity contribution in [3.63, 3.8) is 0 Å². The summed E-state index contributed by atoms with van der Waals surface area (Å²) in [7, 11) is 1.93. The molecule has 1 unspecified atom stereocenters. The van der Waals surface area contributed by atoms with Crippen LogP contribution in [0.25, 0.3) is 0 Å². The third-order valence-corrected chi connectivity index (χ3v) is 2.32. The number of aliphatic hydroxyl groups excluding tert-OH is 1. The van der Waals surface area contributed by atoms with Gasteiger partial charge in [0.15, 0.2) is 0 Å². The van der Waals surface area contributed by atoms with Crippen LogP contribution in [-0.4, -0.2) is 34.8 Å². The van der Waals surface area contributed by atoms with E-state index in [9.17, 15) is 5.11 Å². The molecule has 0 radical (unpaired) electrons. The van der Waals surface area contributed by atoms with Gasteiger partial charge in [-0.1, -0.05) is 0 Å². The first kappa shape index (κ1) is 12.7. The van der Waals surface area contributed by atoms with Crippen molar-refractivity contribution < 1.29 is 5.11 Å². The second kappa shape index (κ2) is 5.62. The average Bonchev–Trinajstić information content (AvgIpc) is 2.26. The summed E-state index contributed by atoms with van der Waals surface area (Å²) in [5.41, 5.74) is 3.39. The van der Waals surface area contributed by atoms with Gasteiger partial charge in [0.2, 0.25) is 5.95 Å². The Morgan fingerprint density at radius 2 is 2.31 bits per heavy atom.